The van der Waals surface area contributed by atoms with Crippen LogP contribution in [0.15, 0.2) is 48.2 Å². The first-order valence-electron chi connectivity index (χ1n) is 11.7. The minimum atomic E-state index is -0.820. The topological polar surface area (TPSA) is 77.9 Å². The van der Waals surface area contributed by atoms with Gasteiger partial charge in [-0.15, -0.1) is 0 Å². The van der Waals surface area contributed by atoms with Crippen molar-refractivity contribution in [3.05, 3.63) is 53.9 Å². The lowest BCUT2D eigenvalue weighted by molar-refractivity contribution is -0.308. The van der Waals surface area contributed by atoms with E-state index in [4.69, 9.17) is 14.2 Å². The van der Waals surface area contributed by atoms with Crippen LogP contribution in [0, 0.1) is 22.7 Å². The summed E-state index contributed by atoms with van der Waals surface area (Å²) in [6, 6.07) is 5.82. The van der Waals surface area contributed by atoms with Gasteiger partial charge in [-0.25, -0.2) is 4.79 Å². The van der Waals surface area contributed by atoms with Gasteiger partial charge < -0.3 is 19.3 Å². The van der Waals surface area contributed by atoms with Crippen molar-refractivity contribution in [2.24, 2.45) is 22.7 Å². The summed E-state index contributed by atoms with van der Waals surface area (Å²) in [4.78, 5) is 16.4. The van der Waals surface area contributed by atoms with E-state index in [1.54, 1.807) is 6.20 Å². The van der Waals surface area contributed by atoms with Crippen molar-refractivity contribution in [2.45, 2.75) is 64.4 Å². The molecule has 0 amide bonds. The van der Waals surface area contributed by atoms with Crippen LogP contribution in [0.5, 0.6) is 0 Å². The first kappa shape index (κ1) is 21.8. The molecule has 2 aliphatic carbocycles. The van der Waals surface area contributed by atoms with Crippen molar-refractivity contribution in [1.82, 2.24) is 4.98 Å². The van der Waals surface area contributed by atoms with Crippen molar-refractivity contribution < 1.29 is 24.1 Å². The number of pyridine rings is 1. The third-order valence-corrected chi connectivity index (χ3v) is 8.62. The Bertz CT molecular complexity index is 929. The largest absolute Gasteiger partial charge is 0.459 e. The van der Waals surface area contributed by atoms with Gasteiger partial charge in [-0.05, 0) is 61.5 Å². The molecule has 7 atom stereocenters. The Morgan fingerprint density at radius 3 is 2.84 bits per heavy atom. The SMILES string of the molecule is C=C1CCC2C3(C)COC(c4ccccn4)OC3CCC2(C)C1C/C=C1/C(=O)OCC1O. The molecule has 6 nitrogen and oxygen atoms in total. The number of cyclic esters (lactones) is 1. The number of fused-ring (bicyclic) bond motifs is 3. The minimum absolute atomic E-state index is 0.0374. The Morgan fingerprint density at radius 1 is 1.28 bits per heavy atom. The predicted octanol–water partition coefficient (Wildman–Crippen LogP) is 4.12. The first-order valence-corrected chi connectivity index (χ1v) is 11.7. The quantitative estimate of drug-likeness (QED) is 0.434. The molecule has 1 N–H and O–H groups in total. The van der Waals surface area contributed by atoms with Crippen molar-refractivity contribution >= 4 is 5.97 Å². The fourth-order valence-corrected chi connectivity index (χ4v) is 6.87. The summed E-state index contributed by atoms with van der Waals surface area (Å²) >= 11 is 0. The smallest absolute Gasteiger partial charge is 0.336 e. The zero-order chi connectivity index (χ0) is 22.5. The monoisotopic (exact) mass is 439 g/mol. The van der Waals surface area contributed by atoms with Gasteiger partial charge in [0.2, 0.25) is 6.29 Å². The Kier molecular flexibility index (Phi) is 5.51. The second kappa shape index (κ2) is 8.08. The molecule has 4 aliphatic rings. The number of nitrogens with zero attached hydrogens (tertiary/aromatic N) is 1. The van der Waals surface area contributed by atoms with E-state index in [2.05, 4.69) is 25.4 Å². The molecular weight excluding hydrogens is 406 g/mol. The molecule has 0 aromatic carbocycles. The number of carbonyl (C=O) groups excluding carboxylic acids is 1. The van der Waals surface area contributed by atoms with Crippen molar-refractivity contribution in [2.75, 3.05) is 13.2 Å². The third kappa shape index (κ3) is 3.44. The summed E-state index contributed by atoms with van der Waals surface area (Å²) in [5, 5.41) is 10.1. The predicted molar refractivity (Wildman–Crippen MR) is 118 cm³/mol. The first-order chi connectivity index (χ1) is 15.3. The number of hydrogen-bond donors (Lipinski definition) is 1. The molecular formula is C26H33NO5. The zero-order valence-electron chi connectivity index (χ0n) is 19.0. The van der Waals surface area contributed by atoms with Gasteiger partial charge in [0.1, 0.15) is 12.7 Å². The van der Waals surface area contributed by atoms with Gasteiger partial charge in [0.15, 0.2) is 0 Å². The van der Waals surface area contributed by atoms with E-state index in [0.29, 0.717) is 24.5 Å². The van der Waals surface area contributed by atoms with Crippen LogP contribution in [-0.4, -0.2) is 41.5 Å². The summed E-state index contributed by atoms with van der Waals surface area (Å²) in [6.45, 7) is 9.81. The van der Waals surface area contributed by atoms with Crippen LogP contribution in [-0.2, 0) is 19.0 Å². The Balaban J connectivity index is 1.38. The van der Waals surface area contributed by atoms with E-state index in [-0.39, 0.29) is 29.5 Å². The van der Waals surface area contributed by atoms with Gasteiger partial charge in [-0.3, -0.25) is 4.98 Å². The van der Waals surface area contributed by atoms with Crippen LogP contribution in [0.4, 0.5) is 0 Å². The normalized spacial score (nSPS) is 43.0. The summed E-state index contributed by atoms with van der Waals surface area (Å²) in [5.41, 5.74) is 2.41. The molecule has 6 heteroatoms. The van der Waals surface area contributed by atoms with Gasteiger partial charge in [0.25, 0.3) is 0 Å². The summed E-state index contributed by atoms with van der Waals surface area (Å²) in [5.74, 6) is 0.277. The molecule has 0 radical (unpaired) electrons. The number of rotatable bonds is 3. The maximum atomic E-state index is 12.0. The van der Waals surface area contributed by atoms with Crippen molar-refractivity contribution in [3.8, 4) is 0 Å². The molecule has 32 heavy (non-hydrogen) atoms. The van der Waals surface area contributed by atoms with Gasteiger partial charge >= 0.3 is 5.97 Å². The Morgan fingerprint density at radius 2 is 2.12 bits per heavy atom. The fourth-order valence-electron chi connectivity index (χ4n) is 6.87. The number of ether oxygens (including phenoxy) is 3. The summed E-state index contributed by atoms with van der Waals surface area (Å²) < 4.78 is 17.7. The number of aliphatic hydroxyl groups excluding tert-OH is 1. The van der Waals surface area contributed by atoms with Crippen LogP contribution < -0.4 is 0 Å². The highest BCUT2D eigenvalue weighted by molar-refractivity contribution is 5.91. The molecule has 2 saturated carbocycles. The van der Waals surface area contributed by atoms with E-state index >= 15 is 0 Å². The number of allylic oxidation sites excluding steroid dienone is 2. The van der Waals surface area contributed by atoms with Crippen LogP contribution in [0.3, 0.4) is 0 Å². The summed E-state index contributed by atoms with van der Waals surface area (Å²) in [7, 11) is 0. The molecule has 1 aromatic heterocycles. The van der Waals surface area contributed by atoms with E-state index in [1.807, 2.05) is 24.3 Å². The second-order valence-electron chi connectivity index (χ2n) is 10.4. The molecule has 3 heterocycles. The maximum absolute atomic E-state index is 12.0. The van der Waals surface area contributed by atoms with Crippen LogP contribution in [0.25, 0.3) is 0 Å². The summed E-state index contributed by atoms with van der Waals surface area (Å²) in [6.07, 6.45) is 7.29. The van der Waals surface area contributed by atoms with Crippen LogP contribution in [0.1, 0.15) is 57.9 Å². The minimum Gasteiger partial charge on any atom is -0.459 e. The molecule has 7 unspecified atom stereocenters. The molecule has 2 aliphatic heterocycles. The molecule has 2 saturated heterocycles. The highest BCUT2D eigenvalue weighted by Crippen LogP contribution is 2.63. The number of aliphatic hydroxyl groups is 1. The highest BCUT2D eigenvalue weighted by Gasteiger charge is 2.60. The lowest BCUT2D eigenvalue weighted by atomic mass is 9.46. The van der Waals surface area contributed by atoms with E-state index < -0.39 is 18.4 Å². The third-order valence-electron chi connectivity index (χ3n) is 8.62. The van der Waals surface area contributed by atoms with Gasteiger partial charge in [0, 0.05) is 11.6 Å². The molecule has 1 aromatic rings. The van der Waals surface area contributed by atoms with Crippen LogP contribution >= 0.6 is 0 Å². The average Bonchev–Trinajstić information content (AvgIpc) is 3.10. The Hall–Kier alpha value is -2.02. The standard InChI is InChI=1S/C26H33NO5/c1-16-7-10-21-25(2,18(16)9-8-17-20(28)14-30-23(17)29)12-11-22-26(21,3)15-31-24(32-22)19-6-4-5-13-27-19/h4-6,8,13,18,20-22,24,28H,1,7,9-12,14-15H2,2-3H3/b17-8+. The number of carbonyl (C=O) groups is 1. The van der Waals surface area contributed by atoms with Gasteiger partial charge in [-0.1, -0.05) is 38.1 Å². The highest BCUT2D eigenvalue weighted by atomic mass is 16.7. The average molecular weight is 440 g/mol. The zero-order valence-corrected chi connectivity index (χ0v) is 19.0. The number of esters is 1. The number of aromatic nitrogens is 1. The van der Waals surface area contributed by atoms with Gasteiger partial charge in [0.05, 0.1) is 24.0 Å². The lowest BCUT2D eigenvalue weighted by Crippen LogP contribution is -2.60. The van der Waals surface area contributed by atoms with Crippen LogP contribution in [0.2, 0.25) is 0 Å². The molecule has 0 spiro atoms. The lowest BCUT2D eigenvalue weighted by Gasteiger charge is -2.62. The van der Waals surface area contributed by atoms with E-state index in [0.717, 1.165) is 31.4 Å². The number of hydrogen-bond acceptors (Lipinski definition) is 6. The second-order valence-corrected chi connectivity index (χ2v) is 10.4. The molecule has 0 bridgehead atoms. The van der Waals surface area contributed by atoms with E-state index in [9.17, 15) is 9.90 Å². The van der Waals surface area contributed by atoms with E-state index in [1.165, 1.54) is 5.57 Å². The van der Waals surface area contributed by atoms with Gasteiger partial charge in [-0.2, -0.15) is 0 Å². The molecule has 4 fully saturated rings. The fraction of sp³-hybridized carbons (Fsp3) is 0.615. The van der Waals surface area contributed by atoms with Crippen molar-refractivity contribution in [1.29, 1.82) is 0 Å². The molecule has 5 rings (SSSR count). The maximum Gasteiger partial charge on any atom is 0.336 e. The van der Waals surface area contributed by atoms with Crippen molar-refractivity contribution in [3.63, 3.8) is 0 Å². The Labute approximate surface area is 189 Å². The molecule has 172 valence electrons.